The second-order valence-corrected chi connectivity index (χ2v) is 9.53. The van der Waals surface area contributed by atoms with Crippen LogP contribution in [0.4, 0.5) is 10.7 Å². The Bertz CT molecular complexity index is 1380. The number of rotatable bonds is 8. The monoisotopic (exact) mass is 520 g/mol. The van der Waals surface area contributed by atoms with E-state index in [4.69, 9.17) is 21.7 Å². The predicted molar refractivity (Wildman–Crippen MR) is 149 cm³/mol. The van der Waals surface area contributed by atoms with E-state index in [2.05, 4.69) is 15.7 Å². The van der Waals surface area contributed by atoms with Gasteiger partial charge in [-0.25, -0.2) is 4.79 Å². The van der Waals surface area contributed by atoms with Gasteiger partial charge in [0, 0.05) is 4.88 Å². The number of carbonyl (C=O) groups excluding carboxylic acids is 1. The zero-order valence-electron chi connectivity index (χ0n) is 20.6. The number of hydrogen-bond acceptors (Lipinski definition) is 6. The first kappa shape index (κ1) is 25.4. The molecule has 0 radical (unpaired) electrons. The Kier molecular flexibility index (Phi) is 8.02. The van der Waals surface area contributed by atoms with Gasteiger partial charge in [-0.1, -0.05) is 42.5 Å². The van der Waals surface area contributed by atoms with Crippen LogP contribution in [0.5, 0.6) is 5.75 Å². The third-order valence-electron chi connectivity index (χ3n) is 5.60. The highest BCUT2D eigenvalue weighted by Crippen LogP contribution is 2.36. The van der Waals surface area contributed by atoms with Crippen LogP contribution < -0.4 is 15.4 Å². The Hall–Kier alpha value is -3.69. The number of benzene rings is 2. The highest BCUT2D eigenvalue weighted by atomic mass is 32.1. The number of ether oxygens (including phenoxy) is 2. The first-order valence-corrected chi connectivity index (χ1v) is 12.7. The van der Waals surface area contributed by atoms with Crippen LogP contribution >= 0.6 is 23.6 Å². The predicted octanol–water partition coefficient (Wildman–Crippen LogP) is 6.27. The van der Waals surface area contributed by atoms with E-state index in [1.54, 1.807) is 14.0 Å². The fourth-order valence-electron chi connectivity index (χ4n) is 3.81. The maximum Gasteiger partial charge on any atom is 0.341 e. The summed E-state index contributed by atoms with van der Waals surface area (Å²) in [6, 6.07) is 19.6. The molecule has 0 spiro atoms. The van der Waals surface area contributed by atoms with Crippen LogP contribution in [0, 0.1) is 13.8 Å². The van der Waals surface area contributed by atoms with E-state index in [0.29, 0.717) is 28.8 Å². The molecule has 0 amide bonds. The summed E-state index contributed by atoms with van der Waals surface area (Å²) in [7, 11) is 1.65. The van der Waals surface area contributed by atoms with Gasteiger partial charge in [-0.05, 0) is 62.3 Å². The molecule has 0 saturated carbocycles. The molecule has 0 aliphatic rings. The summed E-state index contributed by atoms with van der Waals surface area (Å²) in [4.78, 5) is 13.6. The molecule has 2 aromatic carbocycles. The maximum atomic E-state index is 12.6. The summed E-state index contributed by atoms with van der Waals surface area (Å²) in [5, 5.41) is 12.2. The lowest BCUT2D eigenvalue weighted by molar-refractivity contribution is 0.0528. The number of methoxy groups -OCH3 is 1. The molecule has 9 heteroatoms. The summed E-state index contributed by atoms with van der Waals surface area (Å²) < 4.78 is 12.5. The number of nitrogens with zero attached hydrogens (tertiary/aromatic N) is 2. The van der Waals surface area contributed by atoms with Crippen LogP contribution in [0.15, 0.2) is 60.7 Å². The van der Waals surface area contributed by atoms with E-state index in [1.165, 1.54) is 11.3 Å². The largest absolute Gasteiger partial charge is 0.497 e. The highest BCUT2D eigenvalue weighted by Gasteiger charge is 2.20. The molecule has 7 nitrogen and oxygen atoms in total. The Morgan fingerprint density at radius 2 is 1.86 bits per heavy atom. The van der Waals surface area contributed by atoms with Crippen molar-refractivity contribution < 1.29 is 14.3 Å². The van der Waals surface area contributed by atoms with Crippen LogP contribution in [0.25, 0.3) is 10.4 Å². The first-order valence-electron chi connectivity index (χ1n) is 11.5. The van der Waals surface area contributed by atoms with Crippen molar-refractivity contribution in [3.63, 3.8) is 0 Å². The Balaban J connectivity index is 1.54. The molecule has 0 aliphatic heterocycles. The molecule has 0 atom stereocenters. The summed E-state index contributed by atoms with van der Waals surface area (Å²) in [5.41, 5.74) is 5.14. The van der Waals surface area contributed by atoms with Crippen molar-refractivity contribution in [1.82, 2.24) is 9.78 Å². The number of carbonyl (C=O) groups is 1. The van der Waals surface area contributed by atoms with Crippen LogP contribution in [0.2, 0.25) is 0 Å². The van der Waals surface area contributed by atoms with Crippen LogP contribution in [0.3, 0.4) is 0 Å². The van der Waals surface area contributed by atoms with Gasteiger partial charge in [0.1, 0.15) is 10.8 Å². The smallest absolute Gasteiger partial charge is 0.341 e. The number of aromatic nitrogens is 2. The SMILES string of the molecule is CCOC(=O)c1cc(-c2ccccc2)sc1NC(=S)Nc1c(C)nn(Cc2cccc(OC)c2)c1C. The lowest BCUT2D eigenvalue weighted by Gasteiger charge is -2.11. The highest BCUT2D eigenvalue weighted by molar-refractivity contribution is 7.80. The normalized spacial score (nSPS) is 10.7. The van der Waals surface area contributed by atoms with Gasteiger partial charge in [-0.2, -0.15) is 5.10 Å². The van der Waals surface area contributed by atoms with E-state index in [-0.39, 0.29) is 5.97 Å². The molecule has 0 unspecified atom stereocenters. The minimum absolute atomic E-state index is 0.294. The summed E-state index contributed by atoms with van der Waals surface area (Å²) in [5.74, 6) is 0.417. The number of anilines is 2. The van der Waals surface area contributed by atoms with Gasteiger partial charge in [-0.3, -0.25) is 4.68 Å². The molecular formula is C27H28N4O3S2. The zero-order valence-corrected chi connectivity index (χ0v) is 22.3. The molecule has 0 fully saturated rings. The van der Waals surface area contributed by atoms with Gasteiger partial charge in [0.25, 0.3) is 0 Å². The number of nitrogens with one attached hydrogen (secondary N) is 2. The van der Waals surface area contributed by atoms with Crippen molar-refractivity contribution in [2.75, 3.05) is 24.4 Å². The average Bonchev–Trinajstić information content (AvgIpc) is 3.41. The quantitative estimate of drug-likeness (QED) is 0.209. The summed E-state index contributed by atoms with van der Waals surface area (Å²) in [6.45, 7) is 6.61. The van der Waals surface area contributed by atoms with Gasteiger partial charge in [0.15, 0.2) is 5.11 Å². The second-order valence-electron chi connectivity index (χ2n) is 8.07. The fourth-order valence-corrected chi connectivity index (χ4v) is 5.14. The van der Waals surface area contributed by atoms with E-state index >= 15 is 0 Å². The van der Waals surface area contributed by atoms with E-state index in [9.17, 15) is 4.79 Å². The Morgan fingerprint density at radius 1 is 1.08 bits per heavy atom. The second kappa shape index (κ2) is 11.4. The Morgan fingerprint density at radius 3 is 2.58 bits per heavy atom. The molecule has 0 aliphatic carbocycles. The molecule has 4 rings (SSSR count). The van der Waals surface area contributed by atoms with Gasteiger partial charge in [0.05, 0.1) is 42.9 Å². The van der Waals surface area contributed by atoms with Crippen molar-refractivity contribution in [2.24, 2.45) is 0 Å². The van der Waals surface area contributed by atoms with Gasteiger partial charge in [-0.15, -0.1) is 11.3 Å². The fraction of sp³-hybridized carbons (Fsp3) is 0.222. The third kappa shape index (κ3) is 5.75. The standard InChI is InChI=1S/C27H28N4O3S2/c1-5-34-26(32)22-15-23(20-11-7-6-8-12-20)36-25(22)29-27(35)28-24-17(2)30-31(18(24)3)16-19-10-9-13-21(14-19)33-4/h6-15H,5,16H2,1-4H3,(H2,28,29,35). The minimum Gasteiger partial charge on any atom is -0.497 e. The Labute approximate surface area is 220 Å². The lowest BCUT2D eigenvalue weighted by Crippen LogP contribution is -2.21. The van der Waals surface area contributed by atoms with Crippen molar-refractivity contribution in [2.45, 2.75) is 27.3 Å². The first-order chi connectivity index (χ1) is 17.4. The van der Waals surface area contributed by atoms with Crippen molar-refractivity contribution in [1.29, 1.82) is 0 Å². The van der Waals surface area contributed by atoms with Crippen LogP contribution in [-0.2, 0) is 11.3 Å². The van der Waals surface area contributed by atoms with Crippen molar-refractivity contribution in [3.8, 4) is 16.2 Å². The molecule has 4 aromatic rings. The van der Waals surface area contributed by atoms with Crippen LogP contribution in [0.1, 0.15) is 34.2 Å². The van der Waals surface area contributed by atoms with Gasteiger partial charge >= 0.3 is 5.97 Å². The van der Waals surface area contributed by atoms with Gasteiger partial charge < -0.3 is 20.1 Å². The number of esters is 1. The third-order valence-corrected chi connectivity index (χ3v) is 6.90. The summed E-state index contributed by atoms with van der Waals surface area (Å²) in [6.07, 6.45) is 0. The zero-order chi connectivity index (χ0) is 25.7. The molecule has 186 valence electrons. The van der Waals surface area contributed by atoms with E-state index in [0.717, 1.165) is 38.8 Å². The van der Waals surface area contributed by atoms with E-state index < -0.39 is 0 Å². The molecule has 0 saturated heterocycles. The lowest BCUT2D eigenvalue weighted by atomic mass is 10.1. The topological polar surface area (TPSA) is 77.4 Å². The maximum absolute atomic E-state index is 12.6. The van der Waals surface area contributed by atoms with Crippen molar-refractivity contribution >= 4 is 45.3 Å². The molecular weight excluding hydrogens is 492 g/mol. The number of aryl methyl sites for hydroxylation is 1. The van der Waals surface area contributed by atoms with Gasteiger partial charge in [0.2, 0.25) is 0 Å². The number of thiocarbonyl (C=S) groups is 1. The average molecular weight is 521 g/mol. The molecule has 2 heterocycles. The molecule has 2 aromatic heterocycles. The minimum atomic E-state index is -0.389. The molecule has 36 heavy (non-hydrogen) atoms. The number of hydrogen-bond donors (Lipinski definition) is 2. The van der Waals surface area contributed by atoms with Crippen LogP contribution in [-0.4, -0.2) is 34.6 Å². The van der Waals surface area contributed by atoms with E-state index in [1.807, 2.05) is 79.2 Å². The van der Waals surface area contributed by atoms with Crippen molar-refractivity contribution in [3.05, 3.63) is 83.2 Å². The molecule has 0 bridgehead atoms. The summed E-state index contributed by atoms with van der Waals surface area (Å²) >= 11 is 7.08. The molecule has 2 N–H and O–H groups in total. The number of thiophene rings is 1.